The van der Waals surface area contributed by atoms with Gasteiger partial charge in [-0.3, -0.25) is 18.9 Å². The molecule has 38 heavy (non-hydrogen) atoms. The summed E-state index contributed by atoms with van der Waals surface area (Å²) in [7, 11) is -4.01. The third-order valence-electron chi connectivity index (χ3n) is 6.32. The van der Waals surface area contributed by atoms with Crippen LogP contribution >= 0.6 is 20.0 Å². The molecule has 0 aliphatic carbocycles. The molecule has 1 unspecified atom stereocenters. The van der Waals surface area contributed by atoms with Crippen molar-refractivity contribution in [2.45, 2.75) is 74.4 Å². The number of nitrogens with one attached hydrogen (secondary N) is 2. The van der Waals surface area contributed by atoms with Gasteiger partial charge in [-0.2, -0.15) is 0 Å². The summed E-state index contributed by atoms with van der Waals surface area (Å²) in [5.41, 5.74) is -1.55. The molecule has 0 radical (unpaired) electrons. The van der Waals surface area contributed by atoms with Gasteiger partial charge in [0.15, 0.2) is 6.23 Å². The van der Waals surface area contributed by atoms with Gasteiger partial charge in [0.25, 0.3) is 5.56 Å². The number of aliphatic hydroxyl groups is 7. The van der Waals surface area contributed by atoms with Crippen LogP contribution in [0.3, 0.4) is 0 Å². The molecule has 0 amide bonds. The predicted molar refractivity (Wildman–Crippen MR) is 131 cm³/mol. The first-order valence-corrected chi connectivity index (χ1v) is 13.4. The van der Waals surface area contributed by atoms with E-state index in [-0.39, 0.29) is 25.4 Å². The maximum atomic E-state index is 13.2. The van der Waals surface area contributed by atoms with Gasteiger partial charge in [-0.15, -0.1) is 12.4 Å². The quantitative estimate of drug-likeness (QED) is 0.105. The molecule has 18 heteroatoms. The van der Waals surface area contributed by atoms with E-state index in [0.717, 1.165) is 16.8 Å². The van der Waals surface area contributed by atoms with Crippen LogP contribution in [-0.2, 0) is 18.3 Å². The first-order valence-electron chi connectivity index (χ1n) is 11.7. The number of ether oxygens (including phenoxy) is 1. The number of halogens is 1. The second-order valence-electron chi connectivity index (χ2n) is 8.99. The van der Waals surface area contributed by atoms with Gasteiger partial charge in [0, 0.05) is 18.3 Å². The Morgan fingerprint density at radius 3 is 2.39 bits per heavy atom. The van der Waals surface area contributed by atoms with Crippen molar-refractivity contribution in [1.82, 2.24) is 14.9 Å². The normalized spacial score (nSPS) is 34.4. The summed E-state index contributed by atoms with van der Waals surface area (Å²) in [4.78, 5) is 25.3. The highest BCUT2D eigenvalue weighted by atomic mass is 35.5. The number of hydrogen-bond donors (Lipinski definition) is 9. The minimum absolute atomic E-state index is 0. The topological polar surface area (TPSA) is 253 Å². The van der Waals surface area contributed by atoms with Gasteiger partial charge in [0.2, 0.25) is 0 Å². The molecule has 11 atom stereocenters. The lowest BCUT2D eigenvalue weighted by atomic mass is 10.0. The van der Waals surface area contributed by atoms with Gasteiger partial charge in [-0.05, 0) is 13.3 Å². The lowest BCUT2D eigenvalue weighted by molar-refractivity contribution is -0.0532. The molecular formula is C20H35ClN3O13P. The van der Waals surface area contributed by atoms with Crippen LogP contribution in [0.25, 0.3) is 0 Å². The molecular weight excluding hydrogens is 557 g/mol. The van der Waals surface area contributed by atoms with Crippen molar-refractivity contribution in [2.24, 2.45) is 0 Å². The van der Waals surface area contributed by atoms with Gasteiger partial charge in [0.1, 0.15) is 18.3 Å². The maximum absolute atomic E-state index is 13.2. The fraction of sp³-hybridized carbons (Fsp3) is 0.800. The summed E-state index contributed by atoms with van der Waals surface area (Å²) in [6.07, 6.45) is -10.9. The number of aromatic amines is 1. The van der Waals surface area contributed by atoms with Gasteiger partial charge in [-0.25, -0.2) is 4.79 Å². The molecule has 0 aromatic carbocycles. The average molecular weight is 592 g/mol. The molecule has 220 valence electrons. The van der Waals surface area contributed by atoms with Crippen LogP contribution in [0.4, 0.5) is 0 Å². The van der Waals surface area contributed by atoms with Gasteiger partial charge in [-0.1, -0.05) is 0 Å². The molecule has 2 aliphatic heterocycles. The third kappa shape index (κ3) is 7.48. The summed E-state index contributed by atoms with van der Waals surface area (Å²) in [6, 6.07) is -0.916. The van der Waals surface area contributed by atoms with E-state index in [0.29, 0.717) is 0 Å². The molecule has 16 nitrogen and oxygen atoms in total. The zero-order valence-electron chi connectivity index (χ0n) is 20.3. The zero-order chi connectivity index (χ0) is 27.5. The molecule has 3 rings (SSSR count). The van der Waals surface area contributed by atoms with Crippen LogP contribution in [0.1, 0.15) is 19.6 Å². The summed E-state index contributed by atoms with van der Waals surface area (Å²) in [5, 5.41) is 73.1. The van der Waals surface area contributed by atoms with Crippen molar-refractivity contribution in [3.63, 3.8) is 0 Å². The van der Waals surface area contributed by atoms with Crippen molar-refractivity contribution in [1.29, 1.82) is 0 Å². The van der Waals surface area contributed by atoms with Crippen molar-refractivity contribution >= 4 is 20.0 Å². The number of aromatic nitrogens is 2. The molecule has 0 bridgehead atoms. The van der Waals surface area contributed by atoms with Crippen molar-refractivity contribution in [3.8, 4) is 0 Å². The standard InChI is InChI=1S/C20H34N3O13P.ClH/c1-2-34-37(33,8-9(25)5-10-15(28)17(30)14(21-10)11(26)6-24)35-7-12-16(29)18(31)19(36-12)23-4-3-13(27)22-20(23)32;/h3-4,9-12,14-19,21,24-26,28-31H,2,5-8H2,1H3,(H,22,27,32);1H/t9-,10-,11+,12+,14-,15-,16+,17-,18+,19+,37?;/m0./s1. The predicted octanol–water partition coefficient (Wildman–Crippen LogP) is -4.01. The van der Waals surface area contributed by atoms with E-state index < -0.39 is 99.3 Å². The van der Waals surface area contributed by atoms with Gasteiger partial charge < -0.3 is 54.8 Å². The zero-order valence-corrected chi connectivity index (χ0v) is 22.1. The number of rotatable bonds is 12. The highest BCUT2D eigenvalue weighted by molar-refractivity contribution is 7.53. The van der Waals surface area contributed by atoms with Crippen LogP contribution in [0.2, 0.25) is 0 Å². The summed E-state index contributed by atoms with van der Waals surface area (Å²) in [6.45, 7) is 0.255. The Morgan fingerprint density at radius 2 is 1.79 bits per heavy atom. The molecule has 1 aromatic heterocycles. The summed E-state index contributed by atoms with van der Waals surface area (Å²) >= 11 is 0. The highest BCUT2D eigenvalue weighted by Gasteiger charge is 2.47. The van der Waals surface area contributed by atoms with Crippen molar-refractivity contribution in [3.05, 3.63) is 33.1 Å². The minimum atomic E-state index is -4.01. The second-order valence-corrected chi connectivity index (χ2v) is 11.1. The van der Waals surface area contributed by atoms with Crippen LogP contribution in [0, 0.1) is 0 Å². The summed E-state index contributed by atoms with van der Waals surface area (Å²) in [5.74, 6) is 0. The molecule has 2 aliphatic rings. The molecule has 0 saturated carbocycles. The van der Waals surface area contributed by atoms with Crippen molar-refractivity contribution in [2.75, 3.05) is 26.0 Å². The van der Waals surface area contributed by atoms with Crippen molar-refractivity contribution < 1.29 is 54.1 Å². The monoisotopic (exact) mass is 591 g/mol. The SMILES string of the molecule is CCOP(=O)(C[C@@H](O)C[C@@H]1N[C@@H]([C@H](O)CO)[C@H](O)[C@H]1O)OC[C@H]1O[C@@H](n2ccc(=O)[nH]c2=O)[C@H](O)[C@@H]1O.Cl. The highest BCUT2D eigenvalue weighted by Crippen LogP contribution is 2.50. The molecule has 9 N–H and O–H groups in total. The van der Waals surface area contributed by atoms with Crippen LogP contribution in [-0.4, -0.2) is 126 Å². The third-order valence-corrected chi connectivity index (χ3v) is 8.39. The molecule has 3 heterocycles. The number of nitrogens with zero attached hydrogens (tertiary/aromatic N) is 1. The Kier molecular flexibility index (Phi) is 12.1. The Labute approximate surface area is 222 Å². The fourth-order valence-corrected chi connectivity index (χ4v) is 6.15. The summed E-state index contributed by atoms with van der Waals surface area (Å²) < 4.78 is 30.2. The number of aliphatic hydroxyl groups excluding tert-OH is 7. The average Bonchev–Trinajstić information content (AvgIpc) is 3.27. The van der Waals surface area contributed by atoms with E-state index >= 15 is 0 Å². The van der Waals surface area contributed by atoms with Gasteiger partial charge in [0.05, 0.1) is 56.4 Å². The van der Waals surface area contributed by atoms with E-state index in [1.54, 1.807) is 0 Å². The molecule has 1 aromatic rings. The minimum Gasteiger partial charge on any atom is -0.394 e. The first-order chi connectivity index (χ1) is 17.4. The first kappa shape index (κ1) is 33.0. The molecule has 2 fully saturated rings. The van der Waals surface area contributed by atoms with E-state index in [1.807, 2.05) is 4.98 Å². The smallest absolute Gasteiger partial charge is 0.333 e. The molecule has 0 spiro atoms. The number of hydrogen-bond acceptors (Lipinski definition) is 14. The Hall–Kier alpha value is -1.24. The number of H-pyrrole nitrogens is 1. The lowest BCUT2D eigenvalue weighted by Crippen LogP contribution is -2.45. The Morgan fingerprint density at radius 1 is 1.11 bits per heavy atom. The fourth-order valence-electron chi connectivity index (χ4n) is 4.43. The van der Waals surface area contributed by atoms with E-state index in [1.165, 1.54) is 6.92 Å². The van der Waals surface area contributed by atoms with E-state index in [4.69, 9.17) is 18.9 Å². The lowest BCUT2D eigenvalue weighted by Gasteiger charge is -2.25. The van der Waals surface area contributed by atoms with Gasteiger partial charge >= 0.3 is 13.3 Å². The van der Waals surface area contributed by atoms with E-state index in [2.05, 4.69) is 5.32 Å². The largest absolute Gasteiger partial charge is 0.394 e. The Bertz CT molecular complexity index is 1060. The maximum Gasteiger partial charge on any atom is 0.333 e. The molecule has 2 saturated heterocycles. The Balaban J connectivity index is 0.00000507. The second kappa shape index (κ2) is 13.9. The van der Waals surface area contributed by atoms with E-state index in [9.17, 15) is 44.8 Å². The van der Waals surface area contributed by atoms with Crippen LogP contribution < -0.4 is 16.6 Å². The van der Waals surface area contributed by atoms with Crippen LogP contribution in [0.15, 0.2) is 21.9 Å². The van der Waals surface area contributed by atoms with Crippen LogP contribution in [0.5, 0.6) is 0 Å².